The van der Waals surface area contributed by atoms with Crippen LogP contribution in [0.1, 0.15) is 47.5 Å². The largest absolute Gasteiger partial charge is 0.306 e. The third kappa shape index (κ3) is 2.85. The number of carbonyl (C=O) groups is 1. The number of amides is 1. The number of carbonyl (C=O) groups excluding carboxylic acids is 1. The average molecular weight is 267 g/mol. The van der Waals surface area contributed by atoms with Crippen molar-refractivity contribution < 1.29 is 4.79 Å². The summed E-state index contributed by atoms with van der Waals surface area (Å²) in [5.74, 6) is 1.06. The van der Waals surface area contributed by atoms with Crippen LogP contribution in [0.25, 0.3) is 0 Å². The molecular weight excluding hydrogens is 250 g/mol. The van der Waals surface area contributed by atoms with Crippen LogP contribution in [0.3, 0.4) is 0 Å². The van der Waals surface area contributed by atoms with Gasteiger partial charge in [-0.3, -0.25) is 4.79 Å². The van der Waals surface area contributed by atoms with Crippen molar-refractivity contribution >= 4 is 11.7 Å². The number of nitrogens with one attached hydrogen (secondary N) is 1. The molecule has 0 saturated heterocycles. The summed E-state index contributed by atoms with van der Waals surface area (Å²) >= 11 is 0. The van der Waals surface area contributed by atoms with Crippen LogP contribution < -0.4 is 5.32 Å². The fraction of sp³-hybridized carbons (Fsp3) is 0.312. The second kappa shape index (κ2) is 5.82. The Bertz CT molecular complexity index is 574. The van der Waals surface area contributed by atoms with Crippen molar-refractivity contribution in [2.75, 3.05) is 5.32 Å². The summed E-state index contributed by atoms with van der Waals surface area (Å²) in [5.41, 5.74) is 2.01. The fourth-order valence-electron chi connectivity index (χ4n) is 2.72. The van der Waals surface area contributed by atoms with Gasteiger partial charge in [-0.15, -0.1) is 0 Å². The Morgan fingerprint density at radius 1 is 1.10 bits per heavy atom. The summed E-state index contributed by atoms with van der Waals surface area (Å²) in [4.78, 5) is 19.9. The van der Waals surface area contributed by atoms with E-state index in [1.807, 2.05) is 12.1 Å². The number of nitrogens with zero attached hydrogens (tertiary/aromatic N) is 2. The molecule has 1 aliphatic rings. The van der Waals surface area contributed by atoms with Gasteiger partial charge in [0.15, 0.2) is 0 Å². The Kier molecular flexibility index (Phi) is 3.72. The number of hydrogen-bond acceptors (Lipinski definition) is 3. The molecule has 1 N–H and O–H groups in total. The van der Waals surface area contributed by atoms with Crippen LogP contribution in [0.2, 0.25) is 0 Å². The summed E-state index contributed by atoms with van der Waals surface area (Å²) in [6.07, 6.45) is 8.20. The van der Waals surface area contributed by atoms with Crippen molar-refractivity contribution in [1.29, 1.82) is 0 Å². The number of aromatic nitrogens is 2. The molecule has 0 aliphatic heterocycles. The van der Waals surface area contributed by atoms with Gasteiger partial charge in [0, 0.05) is 11.8 Å². The van der Waals surface area contributed by atoms with Gasteiger partial charge in [-0.05, 0) is 42.5 Å². The maximum Gasteiger partial charge on any atom is 0.256 e. The predicted octanol–water partition coefficient (Wildman–Crippen LogP) is 3.39. The van der Waals surface area contributed by atoms with Crippen molar-refractivity contribution in [1.82, 2.24) is 9.97 Å². The van der Waals surface area contributed by atoms with Gasteiger partial charge in [0.05, 0.1) is 0 Å². The van der Waals surface area contributed by atoms with E-state index < -0.39 is 0 Å². The van der Waals surface area contributed by atoms with E-state index in [2.05, 4.69) is 27.4 Å². The van der Waals surface area contributed by atoms with E-state index >= 15 is 0 Å². The molecule has 1 heterocycles. The molecule has 20 heavy (non-hydrogen) atoms. The van der Waals surface area contributed by atoms with Crippen molar-refractivity contribution in [2.45, 2.75) is 31.6 Å². The number of benzene rings is 1. The van der Waals surface area contributed by atoms with Gasteiger partial charge < -0.3 is 5.32 Å². The van der Waals surface area contributed by atoms with Gasteiger partial charge in [-0.25, -0.2) is 9.97 Å². The molecule has 0 atom stereocenters. The van der Waals surface area contributed by atoms with Gasteiger partial charge in [-0.2, -0.15) is 0 Å². The van der Waals surface area contributed by atoms with E-state index in [-0.39, 0.29) is 5.91 Å². The van der Waals surface area contributed by atoms with Gasteiger partial charge in [0.1, 0.15) is 12.1 Å². The van der Waals surface area contributed by atoms with E-state index in [1.165, 1.54) is 37.6 Å². The minimum atomic E-state index is -0.137. The molecule has 1 aromatic carbocycles. The Labute approximate surface area is 118 Å². The van der Waals surface area contributed by atoms with E-state index in [9.17, 15) is 4.79 Å². The molecule has 1 aliphatic carbocycles. The number of rotatable bonds is 3. The first-order valence-corrected chi connectivity index (χ1v) is 7.00. The van der Waals surface area contributed by atoms with Crippen molar-refractivity contribution in [3.8, 4) is 0 Å². The second-order valence-corrected chi connectivity index (χ2v) is 5.15. The van der Waals surface area contributed by atoms with Gasteiger partial charge in [0.25, 0.3) is 5.91 Å². The van der Waals surface area contributed by atoms with Crippen LogP contribution in [0, 0.1) is 0 Å². The topological polar surface area (TPSA) is 54.9 Å². The lowest BCUT2D eigenvalue weighted by atomic mass is 9.96. The van der Waals surface area contributed by atoms with Gasteiger partial charge >= 0.3 is 0 Å². The molecule has 4 heteroatoms. The lowest BCUT2D eigenvalue weighted by molar-refractivity contribution is 0.102. The maximum atomic E-state index is 12.1. The molecule has 0 radical (unpaired) electrons. The highest BCUT2D eigenvalue weighted by molar-refractivity contribution is 6.03. The third-order valence-corrected chi connectivity index (χ3v) is 3.82. The average Bonchev–Trinajstić information content (AvgIpc) is 3.03. The van der Waals surface area contributed by atoms with Crippen LogP contribution in [0.5, 0.6) is 0 Å². The van der Waals surface area contributed by atoms with Crippen molar-refractivity contribution in [2.24, 2.45) is 0 Å². The molecule has 1 saturated carbocycles. The van der Waals surface area contributed by atoms with Crippen molar-refractivity contribution in [3.05, 3.63) is 54.0 Å². The first-order chi connectivity index (χ1) is 9.83. The molecule has 4 nitrogen and oxygen atoms in total. The van der Waals surface area contributed by atoms with Gasteiger partial charge in [0.2, 0.25) is 0 Å². The summed E-state index contributed by atoms with van der Waals surface area (Å²) in [6.45, 7) is 0. The fourth-order valence-corrected chi connectivity index (χ4v) is 2.72. The standard InChI is InChI=1S/C16H17N3O/c20-16(19-15-9-10-17-11-18-15)14-7-5-13(6-8-14)12-3-1-2-4-12/h5-12H,1-4H2,(H,17,18,19,20). The Morgan fingerprint density at radius 3 is 2.50 bits per heavy atom. The SMILES string of the molecule is O=C(Nc1ccncn1)c1ccc(C2CCCC2)cc1. The Morgan fingerprint density at radius 2 is 1.85 bits per heavy atom. The lowest BCUT2D eigenvalue weighted by Gasteiger charge is -2.10. The zero-order chi connectivity index (χ0) is 13.8. The molecular formula is C16H17N3O. The highest BCUT2D eigenvalue weighted by atomic mass is 16.1. The molecule has 102 valence electrons. The Hall–Kier alpha value is -2.23. The predicted molar refractivity (Wildman–Crippen MR) is 77.6 cm³/mol. The smallest absolute Gasteiger partial charge is 0.256 e. The first kappa shape index (κ1) is 12.8. The lowest BCUT2D eigenvalue weighted by Crippen LogP contribution is -2.13. The van der Waals surface area contributed by atoms with Crippen LogP contribution in [0.4, 0.5) is 5.82 Å². The minimum Gasteiger partial charge on any atom is -0.306 e. The van der Waals surface area contributed by atoms with Gasteiger partial charge in [-0.1, -0.05) is 25.0 Å². The number of hydrogen-bond donors (Lipinski definition) is 1. The molecule has 0 unspecified atom stereocenters. The molecule has 1 amide bonds. The van der Waals surface area contributed by atoms with Crippen LogP contribution in [0.15, 0.2) is 42.9 Å². The summed E-state index contributed by atoms with van der Waals surface area (Å²) in [5, 5.41) is 2.76. The minimum absolute atomic E-state index is 0.137. The highest BCUT2D eigenvalue weighted by Crippen LogP contribution is 2.33. The Balaban J connectivity index is 1.69. The monoisotopic (exact) mass is 267 g/mol. The van der Waals surface area contributed by atoms with E-state index in [4.69, 9.17) is 0 Å². The van der Waals surface area contributed by atoms with E-state index in [0.717, 1.165) is 0 Å². The summed E-state index contributed by atoms with van der Waals surface area (Å²) in [6, 6.07) is 9.61. The highest BCUT2D eigenvalue weighted by Gasteiger charge is 2.17. The second-order valence-electron chi connectivity index (χ2n) is 5.15. The molecule has 1 aromatic heterocycles. The normalized spacial score (nSPS) is 15.2. The molecule has 1 fully saturated rings. The van der Waals surface area contributed by atoms with E-state index in [1.54, 1.807) is 12.3 Å². The van der Waals surface area contributed by atoms with Crippen LogP contribution in [-0.2, 0) is 0 Å². The van der Waals surface area contributed by atoms with Crippen LogP contribution >= 0.6 is 0 Å². The zero-order valence-corrected chi connectivity index (χ0v) is 11.2. The first-order valence-electron chi connectivity index (χ1n) is 7.00. The molecule has 3 rings (SSSR count). The summed E-state index contributed by atoms with van der Waals surface area (Å²) in [7, 11) is 0. The zero-order valence-electron chi connectivity index (χ0n) is 11.2. The van der Waals surface area contributed by atoms with E-state index in [0.29, 0.717) is 17.3 Å². The summed E-state index contributed by atoms with van der Waals surface area (Å²) < 4.78 is 0. The molecule has 0 spiro atoms. The molecule has 2 aromatic rings. The maximum absolute atomic E-state index is 12.1. The third-order valence-electron chi connectivity index (χ3n) is 3.82. The molecule has 0 bridgehead atoms. The van der Waals surface area contributed by atoms with Crippen LogP contribution in [-0.4, -0.2) is 15.9 Å². The quantitative estimate of drug-likeness (QED) is 0.927. The van der Waals surface area contributed by atoms with Crippen molar-refractivity contribution in [3.63, 3.8) is 0 Å². The number of anilines is 1.